The molecule has 14 heteroatoms. The van der Waals surface area contributed by atoms with E-state index in [-0.39, 0.29) is 62.1 Å². The van der Waals surface area contributed by atoms with Crippen molar-refractivity contribution in [3.05, 3.63) is 59.2 Å². The summed E-state index contributed by atoms with van der Waals surface area (Å²) in [5.41, 5.74) is 0.922. The Morgan fingerprint density at radius 1 is 0.924 bits per heavy atom. The number of aliphatic hydroxyl groups excluding tert-OH is 1. The van der Waals surface area contributed by atoms with Gasteiger partial charge in [-0.3, -0.25) is 19.2 Å². The van der Waals surface area contributed by atoms with Gasteiger partial charge in [-0.05, 0) is 102 Å². The van der Waals surface area contributed by atoms with E-state index in [0.29, 0.717) is 62.5 Å². The molecule has 5 rings (SSSR count). The molecule has 0 radical (unpaired) electrons. The molecule has 1 aromatic carbocycles. The summed E-state index contributed by atoms with van der Waals surface area (Å²) in [6, 6.07) is 7.79. The largest absolute Gasteiger partial charge is 0.456 e. The zero-order valence-electron chi connectivity index (χ0n) is 40.7. The first-order valence-corrected chi connectivity index (χ1v) is 24.2. The van der Waals surface area contributed by atoms with Gasteiger partial charge >= 0.3 is 5.97 Å². The van der Waals surface area contributed by atoms with Crippen LogP contribution in [0.1, 0.15) is 135 Å². The Balaban J connectivity index is 1.47. The van der Waals surface area contributed by atoms with Gasteiger partial charge in [-0.2, -0.15) is 0 Å². The highest BCUT2D eigenvalue weighted by Gasteiger charge is 2.57. The van der Waals surface area contributed by atoms with Crippen LogP contribution < -0.4 is 0 Å². The molecular formula is C52H77NO13. The van der Waals surface area contributed by atoms with Gasteiger partial charge < -0.3 is 43.9 Å². The van der Waals surface area contributed by atoms with Crippen LogP contribution in [0.3, 0.4) is 0 Å². The number of hydrogen-bond donors (Lipinski definition) is 3. The van der Waals surface area contributed by atoms with E-state index in [4.69, 9.17) is 23.7 Å². The number of nitrogens with zero attached hydrogens (tertiary/aromatic N) is 1. The Kier molecular flexibility index (Phi) is 19.1. The molecule has 1 aliphatic carbocycles. The van der Waals surface area contributed by atoms with Gasteiger partial charge in [0.2, 0.25) is 5.79 Å². The van der Waals surface area contributed by atoms with Crippen molar-refractivity contribution in [2.24, 2.45) is 29.6 Å². The molecule has 14 nitrogen and oxygen atoms in total. The smallest absolute Gasteiger partial charge is 0.329 e. The Hall–Kier alpha value is -3.63. The monoisotopic (exact) mass is 924 g/mol. The number of amides is 1. The second kappa shape index (κ2) is 23.6. The van der Waals surface area contributed by atoms with Crippen molar-refractivity contribution in [1.82, 2.24) is 4.90 Å². The van der Waals surface area contributed by atoms with Crippen LogP contribution in [0.2, 0.25) is 0 Å². The fourth-order valence-electron chi connectivity index (χ4n) is 10.9. The lowest BCUT2D eigenvalue weighted by Crippen LogP contribution is -2.64. The minimum atomic E-state index is -2.53. The predicted molar refractivity (Wildman–Crippen MR) is 247 cm³/mol. The number of hydrogen-bond acceptors (Lipinski definition) is 13. The summed E-state index contributed by atoms with van der Waals surface area (Å²) in [6.07, 6.45) is 3.51. The fourth-order valence-corrected chi connectivity index (χ4v) is 10.9. The quantitative estimate of drug-likeness (QED) is 0.0997. The van der Waals surface area contributed by atoms with Crippen molar-refractivity contribution in [3.63, 3.8) is 0 Å². The number of benzene rings is 1. The van der Waals surface area contributed by atoms with Crippen LogP contribution in [0, 0.1) is 29.6 Å². The summed E-state index contributed by atoms with van der Waals surface area (Å²) in [5, 5.41) is 35.8. The molecule has 3 fully saturated rings. The fraction of sp³-hybridized carbons (Fsp3) is 0.712. The second-order valence-corrected chi connectivity index (χ2v) is 19.9. The molecule has 1 saturated carbocycles. The maximum atomic E-state index is 14.5. The van der Waals surface area contributed by atoms with Crippen LogP contribution in [0.5, 0.6) is 0 Å². The minimum Gasteiger partial charge on any atom is -0.456 e. The zero-order valence-corrected chi connectivity index (χ0v) is 40.7. The first-order valence-electron chi connectivity index (χ1n) is 24.2. The van der Waals surface area contributed by atoms with Gasteiger partial charge in [0.15, 0.2) is 5.78 Å². The zero-order chi connectivity index (χ0) is 48.5. The molecule has 1 aromatic rings. The third-order valence-corrected chi connectivity index (χ3v) is 15.0. The molecule has 14 unspecified atom stereocenters. The van der Waals surface area contributed by atoms with Crippen molar-refractivity contribution in [2.75, 3.05) is 27.9 Å². The van der Waals surface area contributed by atoms with Gasteiger partial charge in [-0.15, -0.1) is 0 Å². The van der Waals surface area contributed by atoms with Gasteiger partial charge in [-0.1, -0.05) is 75.8 Å². The highest BCUT2D eigenvalue weighted by molar-refractivity contribution is 6.39. The highest BCUT2D eigenvalue weighted by Crippen LogP contribution is 2.41. The van der Waals surface area contributed by atoms with E-state index >= 15 is 0 Å². The topological polar surface area (TPSA) is 195 Å². The van der Waals surface area contributed by atoms with Gasteiger partial charge in [0, 0.05) is 64.0 Å². The molecule has 368 valence electrons. The Bertz CT molecular complexity index is 1900. The number of piperidine rings is 1. The third kappa shape index (κ3) is 12.5. The molecule has 3 heterocycles. The number of rotatable bonds is 10. The second-order valence-electron chi connectivity index (χ2n) is 19.9. The number of ketones is 3. The Morgan fingerprint density at radius 3 is 2.26 bits per heavy atom. The van der Waals surface area contributed by atoms with Crippen molar-refractivity contribution >= 4 is 29.2 Å². The third-order valence-electron chi connectivity index (χ3n) is 15.0. The maximum absolute atomic E-state index is 14.5. The number of carbonyl (C=O) groups excluding carboxylic acids is 5. The van der Waals surface area contributed by atoms with E-state index in [1.165, 1.54) is 26.2 Å². The molecule has 1 amide bonds. The Labute approximate surface area is 391 Å². The van der Waals surface area contributed by atoms with Gasteiger partial charge in [0.05, 0.1) is 30.0 Å². The summed E-state index contributed by atoms with van der Waals surface area (Å²) < 4.78 is 30.2. The number of cyclic esters (lactones) is 1. The SMILES string of the molecule is CCC1/C=C(\C)CC(C)CC(OC)C2OC(O)(C(=O)C(=O)N3CCCCC3C(=O)OC(C(C)=CC3CCC(O)(CCC(=O)c4ccccc4)C(OC)C3)C(C)C(O)CC1=O)C(C)CC2OC. The molecule has 66 heavy (non-hydrogen) atoms. The normalized spacial score (nSPS) is 38.1. The van der Waals surface area contributed by atoms with E-state index in [1.54, 1.807) is 45.0 Å². The van der Waals surface area contributed by atoms with Gasteiger partial charge in [0.25, 0.3) is 11.7 Å². The number of methoxy groups -OCH3 is 3. The number of allylic oxidation sites excluding steroid dienone is 3. The van der Waals surface area contributed by atoms with Crippen LogP contribution in [0.4, 0.5) is 0 Å². The molecule has 3 N–H and O–H groups in total. The van der Waals surface area contributed by atoms with E-state index in [1.807, 2.05) is 39.0 Å². The molecule has 2 bridgehead atoms. The first-order chi connectivity index (χ1) is 31.3. The summed E-state index contributed by atoms with van der Waals surface area (Å²) in [5.74, 6) is -7.99. The predicted octanol–water partition coefficient (Wildman–Crippen LogP) is 6.51. The lowest BCUT2D eigenvalue weighted by Gasteiger charge is -2.47. The number of esters is 1. The summed E-state index contributed by atoms with van der Waals surface area (Å²) in [4.78, 5) is 71.3. The molecule has 3 aliphatic heterocycles. The first kappa shape index (κ1) is 53.3. The average molecular weight is 924 g/mol. The summed E-state index contributed by atoms with van der Waals surface area (Å²) in [6.45, 7) is 11.2. The van der Waals surface area contributed by atoms with E-state index in [0.717, 1.165) is 5.57 Å². The van der Waals surface area contributed by atoms with Crippen LogP contribution in [0.15, 0.2) is 53.6 Å². The van der Waals surface area contributed by atoms with E-state index in [9.17, 15) is 39.3 Å². The molecule has 14 atom stereocenters. The average Bonchev–Trinajstić information content (AvgIpc) is 3.31. The van der Waals surface area contributed by atoms with Gasteiger partial charge in [-0.25, -0.2) is 4.79 Å². The number of Topliss-reactive ketones (excluding diaryl/α,β-unsaturated/α-hetero) is 3. The number of fused-ring (bicyclic) bond motifs is 3. The Morgan fingerprint density at radius 2 is 1.61 bits per heavy atom. The lowest BCUT2D eigenvalue weighted by molar-refractivity contribution is -0.302. The van der Waals surface area contributed by atoms with Crippen LogP contribution in [-0.2, 0) is 42.9 Å². The van der Waals surface area contributed by atoms with Gasteiger partial charge in [0.1, 0.15) is 24.0 Å². The van der Waals surface area contributed by atoms with Crippen LogP contribution in [0.25, 0.3) is 0 Å². The molecule has 4 aliphatic rings. The molecule has 0 aromatic heterocycles. The van der Waals surface area contributed by atoms with Crippen LogP contribution in [-0.4, -0.2) is 131 Å². The van der Waals surface area contributed by atoms with Crippen molar-refractivity contribution in [3.8, 4) is 0 Å². The summed E-state index contributed by atoms with van der Waals surface area (Å²) in [7, 11) is 4.59. The number of carbonyl (C=O) groups is 5. The molecular weight excluding hydrogens is 847 g/mol. The number of aliphatic hydroxyl groups is 3. The molecule has 2 saturated heterocycles. The van der Waals surface area contributed by atoms with E-state index in [2.05, 4.69) is 0 Å². The van der Waals surface area contributed by atoms with Crippen molar-refractivity contribution in [2.45, 2.75) is 179 Å². The molecule has 0 spiro atoms. The van der Waals surface area contributed by atoms with Crippen molar-refractivity contribution in [1.29, 1.82) is 0 Å². The highest BCUT2D eigenvalue weighted by atomic mass is 16.7. The maximum Gasteiger partial charge on any atom is 0.329 e. The standard InChI is InChI=1S/C52H77NO13/c1-10-37-25-31(2)24-32(3)26-43(62-7)47-44(63-8)28-34(5)52(61,66-47)48(57)49(58)53-23-15-14-18-39(53)50(59)65-46(35(6)41(55)30-42(37)56)33(4)27-36-19-21-51(60,45(29-36)64-9)22-20-40(54)38-16-12-11-13-17-38/h11-13,16-17,25,27,32,34-37,39,41,43-47,55,60-61H,10,14-15,18-24,26,28-30H2,1-9H3/b31-25+,33-27?. The number of ether oxygens (including phenoxy) is 5. The van der Waals surface area contributed by atoms with Crippen LogP contribution >= 0.6 is 0 Å². The van der Waals surface area contributed by atoms with Crippen molar-refractivity contribution < 1.29 is 63.0 Å². The minimum absolute atomic E-state index is 0.0122. The lowest BCUT2D eigenvalue weighted by atomic mass is 9.73. The van der Waals surface area contributed by atoms with E-state index < -0.39 is 89.5 Å². The summed E-state index contributed by atoms with van der Waals surface area (Å²) >= 11 is 0.